The molecule has 3 nitrogen and oxygen atoms in total. The zero-order valence-electron chi connectivity index (χ0n) is 11.1. The number of carbonyl (C=O) groups is 1. The second kappa shape index (κ2) is 7.65. The number of halogens is 1. The summed E-state index contributed by atoms with van der Waals surface area (Å²) in [5.41, 5.74) is 1.30. The lowest BCUT2D eigenvalue weighted by atomic mass is 10.2. The number of carbonyl (C=O) groups excluding carboxylic acids is 1. The van der Waals surface area contributed by atoms with Crippen LogP contribution in [0.5, 0.6) is 0 Å². The zero-order valence-corrected chi connectivity index (χ0v) is 12.7. The smallest absolute Gasteiger partial charge is 0.222 e. The zero-order chi connectivity index (χ0) is 13.5. The van der Waals surface area contributed by atoms with Gasteiger partial charge in [0.2, 0.25) is 5.91 Å². The number of amides is 1. The van der Waals surface area contributed by atoms with E-state index in [1.165, 1.54) is 5.56 Å². The van der Waals surface area contributed by atoms with Crippen LogP contribution in [-0.2, 0) is 11.3 Å². The molecule has 1 aliphatic rings. The van der Waals surface area contributed by atoms with Crippen LogP contribution < -0.4 is 5.32 Å². The van der Waals surface area contributed by atoms with Gasteiger partial charge in [0.15, 0.2) is 0 Å². The number of rotatable bonds is 7. The highest BCUT2D eigenvalue weighted by atomic mass is 79.9. The molecular formula is C15H21BrN2O. The van der Waals surface area contributed by atoms with Crippen molar-refractivity contribution < 1.29 is 4.79 Å². The van der Waals surface area contributed by atoms with E-state index in [1.807, 2.05) is 11.0 Å². The third kappa shape index (κ3) is 4.62. The Hall–Kier alpha value is -0.870. The number of hydrogen-bond acceptors (Lipinski definition) is 2. The van der Waals surface area contributed by atoms with E-state index in [-0.39, 0.29) is 0 Å². The van der Waals surface area contributed by atoms with E-state index < -0.39 is 0 Å². The minimum atomic E-state index is 0.313. The number of hydrogen-bond donors (Lipinski definition) is 1. The summed E-state index contributed by atoms with van der Waals surface area (Å²) in [4.78, 5) is 13.7. The highest BCUT2D eigenvalue weighted by Crippen LogP contribution is 2.19. The maximum Gasteiger partial charge on any atom is 0.222 e. The summed E-state index contributed by atoms with van der Waals surface area (Å²) in [6, 6.07) is 10.4. The maximum atomic E-state index is 11.7. The van der Waals surface area contributed by atoms with Crippen molar-refractivity contribution in [3.05, 3.63) is 35.9 Å². The minimum absolute atomic E-state index is 0.313. The molecule has 0 spiro atoms. The number of nitrogens with one attached hydrogen (secondary N) is 1. The van der Waals surface area contributed by atoms with Gasteiger partial charge >= 0.3 is 0 Å². The van der Waals surface area contributed by atoms with Gasteiger partial charge in [0.1, 0.15) is 0 Å². The van der Waals surface area contributed by atoms with E-state index in [4.69, 9.17) is 0 Å². The second-order valence-corrected chi connectivity index (χ2v) is 5.73. The van der Waals surface area contributed by atoms with Gasteiger partial charge in [-0.3, -0.25) is 4.79 Å². The third-order valence-electron chi connectivity index (χ3n) is 3.47. The highest BCUT2D eigenvalue weighted by molar-refractivity contribution is 9.09. The van der Waals surface area contributed by atoms with Crippen molar-refractivity contribution in [2.45, 2.75) is 19.4 Å². The molecule has 1 saturated heterocycles. The average Bonchev–Trinajstić information content (AvgIpc) is 2.80. The Morgan fingerprint density at radius 2 is 2.11 bits per heavy atom. The Morgan fingerprint density at radius 3 is 2.79 bits per heavy atom. The Balaban J connectivity index is 1.58. The molecule has 1 heterocycles. The minimum Gasteiger partial charge on any atom is -0.342 e. The fourth-order valence-electron chi connectivity index (χ4n) is 2.40. The van der Waals surface area contributed by atoms with Gasteiger partial charge in [-0.15, -0.1) is 0 Å². The lowest BCUT2D eigenvalue weighted by molar-refractivity contribution is -0.127. The van der Waals surface area contributed by atoms with Crippen LogP contribution in [0.1, 0.15) is 18.4 Å². The first-order chi connectivity index (χ1) is 9.29. The second-order valence-electron chi connectivity index (χ2n) is 5.08. The molecule has 0 bridgehead atoms. The van der Waals surface area contributed by atoms with Gasteiger partial charge < -0.3 is 10.2 Å². The molecule has 1 aromatic rings. The Bertz CT molecular complexity index is 396. The number of alkyl halides is 1. The molecule has 0 aromatic heterocycles. The maximum absolute atomic E-state index is 11.7. The first kappa shape index (κ1) is 14.5. The Labute approximate surface area is 123 Å². The molecule has 1 aromatic carbocycles. The van der Waals surface area contributed by atoms with Gasteiger partial charge in [0, 0.05) is 31.4 Å². The first-order valence-corrected chi connectivity index (χ1v) is 8.00. The highest BCUT2D eigenvalue weighted by Gasteiger charge is 2.27. The molecular weight excluding hydrogens is 304 g/mol. The van der Waals surface area contributed by atoms with E-state index in [9.17, 15) is 4.79 Å². The van der Waals surface area contributed by atoms with Crippen molar-refractivity contribution in [3.63, 3.8) is 0 Å². The molecule has 0 radical (unpaired) electrons. The van der Waals surface area contributed by atoms with Gasteiger partial charge in [0.05, 0.1) is 0 Å². The number of nitrogens with zero attached hydrogens (tertiary/aromatic N) is 1. The van der Waals surface area contributed by atoms with Crippen LogP contribution in [-0.4, -0.2) is 35.8 Å². The SMILES string of the molecule is O=C1CC(CBr)CN1CCCNCc1ccccc1. The summed E-state index contributed by atoms with van der Waals surface area (Å²) in [5.74, 6) is 0.817. The molecule has 1 fully saturated rings. The molecule has 1 N–H and O–H groups in total. The summed E-state index contributed by atoms with van der Waals surface area (Å²) >= 11 is 3.46. The molecule has 0 aliphatic carbocycles. The van der Waals surface area contributed by atoms with Crippen molar-refractivity contribution in [1.82, 2.24) is 10.2 Å². The van der Waals surface area contributed by atoms with Crippen LogP contribution in [0.25, 0.3) is 0 Å². The predicted octanol–water partition coefficient (Wildman–Crippen LogP) is 2.41. The van der Waals surface area contributed by atoms with Gasteiger partial charge in [-0.1, -0.05) is 46.3 Å². The molecule has 19 heavy (non-hydrogen) atoms. The molecule has 1 aliphatic heterocycles. The predicted molar refractivity (Wildman–Crippen MR) is 81.2 cm³/mol. The molecule has 2 rings (SSSR count). The largest absolute Gasteiger partial charge is 0.342 e. The normalized spacial score (nSPS) is 19.1. The fraction of sp³-hybridized carbons (Fsp3) is 0.533. The van der Waals surface area contributed by atoms with E-state index in [1.54, 1.807) is 0 Å². The monoisotopic (exact) mass is 324 g/mol. The molecule has 1 amide bonds. The van der Waals surface area contributed by atoms with Gasteiger partial charge in [-0.2, -0.15) is 0 Å². The van der Waals surface area contributed by atoms with E-state index in [0.29, 0.717) is 18.2 Å². The van der Waals surface area contributed by atoms with Gasteiger partial charge in [0.25, 0.3) is 0 Å². The van der Waals surface area contributed by atoms with Crippen molar-refractivity contribution >= 4 is 21.8 Å². The topological polar surface area (TPSA) is 32.3 Å². The summed E-state index contributed by atoms with van der Waals surface area (Å²) in [6.07, 6.45) is 1.73. The summed E-state index contributed by atoms with van der Waals surface area (Å²) in [7, 11) is 0. The van der Waals surface area contributed by atoms with E-state index in [2.05, 4.69) is 45.5 Å². The standard InChI is InChI=1S/C15H21BrN2O/c16-10-14-9-15(19)18(12-14)8-4-7-17-11-13-5-2-1-3-6-13/h1-3,5-6,14,17H,4,7-12H2. The van der Waals surface area contributed by atoms with Crippen molar-refractivity contribution in [2.24, 2.45) is 5.92 Å². The summed E-state index contributed by atoms with van der Waals surface area (Å²) < 4.78 is 0. The van der Waals surface area contributed by atoms with Crippen molar-refractivity contribution in [1.29, 1.82) is 0 Å². The lowest BCUT2D eigenvalue weighted by Gasteiger charge is -2.16. The fourth-order valence-corrected chi connectivity index (χ4v) is 2.83. The molecule has 4 heteroatoms. The number of likely N-dealkylation sites (tertiary alicyclic amines) is 1. The molecule has 1 atom stereocenters. The van der Waals surface area contributed by atoms with E-state index in [0.717, 1.165) is 37.9 Å². The van der Waals surface area contributed by atoms with Crippen LogP contribution in [0.4, 0.5) is 0 Å². The van der Waals surface area contributed by atoms with Gasteiger partial charge in [-0.05, 0) is 24.4 Å². The van der Waals surface area contributed by atoms with Crippen LogP contribution in [0.15, 0.2) is 30.3 Å². The quantitative estimate of drug-likeness (QED) is 0.617. The molecule has 104 valence electrons. The van der Waals surface area contributed by atoms with Crippen LogP contribution in [0, 0.1) is 5.92 Å². The van der Waals surface area contributed by atoms with Crippen LogP contribution in [0.2, 0.25) is 0 Å². The van der Waals surface area contributed by atoms with E-state index >= 15 is 0 Å². The number of benzene rings is 1. The summed E-state index contributed by atoms with van der Waals surface area (Å²) in [6.45, 7) is 3.66. The van der Waals surface area contributed by atoms with Crippen LogP contribution in [0.3, 0.4) is 0 Å². The lowest BCUT2D eigenvalue weighted by Crippen LogP contribution is -2.29. The third-order valence-corrected chi connectivity index (χ3v) is 4.38. The summed E-state index contributed by atoms with van der Waals surface area (Å²) in [5, 5.41) is 4.35. The Morgan fingerprint density at radius 1 is 1.32 bits per heavy atom. The van der Waals surface area contributed by atoms with Crippen LogP contribution >= 0.6 is 15.9 Å². The average molecular weight is 325 g/mol. The van der Waals surface area contributed by atoms with Crippen molar-refractivity contribution in [3.8, 4) is 0 Å². The van der Waals surface area contributed by atoms with Gasteiger partial charge in [-0.25, -0.2) is 0 Å². The molecule has 1 unspecified atom stereocenters. The molecule has 0 saturated carbocycles. The Kier molecular flexibility index (Phi) is 5.86. The first-order valence-electron chi connectivity index (χ1n) is 6.88. The van der Waals surface area contributed by atoms with Crippen molar-refractivity contribution in [2.75, 3.05) is 25.0 Å².